The smallest absolute Gasteiger partial charge is 0.253 e. The molecule has 1 amide bonds. The van der Waals surface area contributed by atoms with E-state index in [2.05, 4.69) is 16.0 Å². The number of rotatable bonds is 7. The Morgan fingerprint density at radius 3 is 2.62 bits per heavy atom. The number of aromatic nitrogens is 1. The fraction of sp³-hybridized carbons (Fsp3) is 0.478. The minimum atomic E-state index is 0.0390. The number of likely N-dealkylation sites (tertiary alicyclic amines) is 1. The van der Waals surface area contributed by atoms with E-state index in [1.54, 1.807) is 29.4 Å². The van der Waals surface area contributed by atoms with Gasteiger partial charge in [-0.25, -0.2) is 0 Å². The summed E-state index contributed by atoms with van der Waals surface area (Å²) in [4.78, 5) is 20.6. The van der Waals surface area contributed by atoms with E-state index < -0.39 is 0 Å². The number of pyridine rings is 1. The van der Waals surface area contributed by atoms with E-state index in [0.29, 0.717) is 11.5 Å². The fourth-order valence-corrected chi connectivity index (χ4v) is 4.44. The zero-order valence-electron chi connectivity index (χ0n) is 16.9. The Morgan fingerprint density at radius 2 is 1.93 bits per heavy atom. The van der Waals surface area contributed by atoms with Crippen LogP contribution in [0, 0.1) is 5.92 Å². The van der Waals surface area contributed by atoms with Crippen molar-refractivity contribution in [3.05, 3.63) is 58.9 Å². The molecule has 1 aromatic heterocycles. The summed E-state index contributed by atoms with van der Waals surface area (Å²) in [6, 6.07) is 9.57. The van der Waals surface area contributed by atoms with Crippen LogP contribution < -0.4 is 4.74 Å². The van der Waals surface area contributed by atoms with E-state index in [4.69, 9.17) is 16.3 Å². The van der Waals surface area contributed by atoms with Gasteiger partial charge in [0.1, 0.15) is 5.75 Å². The van der Waals surface area contributed by atoms with E-state index in [1.165, 1.54) is 18.4 Å². The van der Waals surface area contributed by atoms with E-state index in [1.807, 2.05) is 19.2 Å². The highest BCUT2D eigenvalue weighted by Crippen LogP contribution is 2.33. The normalized spacial score (nSPS) is 21.6. The maximum absolute atomic E-state index is 12.4. The highest BCUT2D eigenvalue weighted by atomic mass is 35.5. The van der Waals surface area contributed by atoms with Crippen molar-refractivity contribution < 1.29 is 9.53 Å². The van der Waals surface area contributed by atoms with Crippen LogP contribution in [0.25, 0.3) is 0 Å². The van der Waals surface area contributed by atoms with Gasteiger partial charge in [0.05, 0.1) is 6.10 Å². The number of halogens is 1. The molecule has 1 aliphatic carbocycles. The van der Waals surface area contributed by atoms with Crippen molar-refractivity contribution in [2.24, 2.45) is 5.92 Å². The van der Waals surface area contributed by atoms with Crippen LogP contribution in [0.15, 0.2) is 42.7 Å². The second-order valence-corrected chi connectivity index (χ2v) is 8.64. The zero-order chi connectivity index (χ0) is 20.2. The predicted molar refractivity (Wildman–Crippen MR) is 114 cm³/mol. The molecule has 0 N–H and O–H groups in total. The van der Waals surface area contributed by atoms with Crippen molar-refractivity contribution in [3.63, 3.8) is 0 Å². The Morgan fingerprint density at radius 1 is 1.21 bits per heavy atom. The van der Waals surface area contributed by atoms with Gasteiger partial charge in [-0.15, -0.1) is 0 Å². The molecule has 1 aromatic carbocycles. The maximum atomic E-state index is 12.4. The lowest BCUT2D eigenvalue weighted by molar-refractivity contribution is 0.0419. The number of hydrogen-bond acceptors (Lipinski definition) is 4. The first kappa shape index (κ1) is 20.2. The first-order valence-corrected chi connectivity index (χ1v) is 10.8. The predicted octanol–water partition coefficient (Wildman–Crippen LogP) is 4.26. The molecule has 4 rings (SSSR count). The van der Waals surface area contributed by atoms with Crippen molar-refractivity contribution in [1.29, 1.82) is 0 Å². The largest absolute Gasteiger partial charge is 0.490 e. The summed E-state index contributed by atoms with van der Waals surface area (Å²) in [6.45, 7) is 3.99. The van der Waals surface area contributed by atoms with Gasteiger partial charge >= 0.3 is 0 Å². The number of hydrogen-bond donors (Lipinski definition) is 0. The van der Waals surface area contributed by atoms with Crippen molar-refractivity contribution in [3.8, 4) is 5.75 Å². The standard InChI is InChI=1S/C23H28ClN3O2/c1-26(23(28)18-6-8-25-9-7-18)15-17-12-21(13-17)29-20-5-4-19(22(24)14-20)16-27-10-2-3-11-27/h4-9,14,17,21H,2-3,10-13,15-16H2,1H3. The average Bonchev–Trinajstić information content (AvgIpc) is 3.21. The monoisotopic (exact) mass is 413 g/mol. The molecule has 0 bridgehead atoms. The summed E-state index contributed by atoms with van der Waals surface area (Å²) >= 11 is 6.49. The number of amides is 1. The van der Waals surface area contributed by atoms with E-state index in [0.717, 1.165) is 49.8 Å². The van der Waals surface area contributed by atoms with Crippen molar-refractivity contribution >= 4 is 17.5 Å². The van der Waals surface area contributed by atoms with Crippen molar-refractivity contribution in [2.75, 3.05) is 26.7 Å². The molecule has 5 nitrogen and oxygen atoms in total. The highest BCUT2D eigenvalue weighted by Gasteiger charge is 2.32. The molecule has 154 valence electrons. The number of benzene rings is 1. The molecule has 1 saturated carbocycles. The first-order chi connectivity index (χ1) is 14.1. The minimum Gasteiger partial charge on any atom is -0.490 e. The van der Waals surface area contributed by atoms with Gasteiger partial charge in [0, 0.05) is 43.1 Å². The molecule has 6 heteroatoms. The molecule has 1 aliphatic heterocycles. The van der Waals surface area contributed by atoms with E-state index in [9.17, 15) is 4.79 Å². The molecule has 1 saturated heterocycles. The summed E-state index contributed by atoms with van der Waals surface area (Å²) < 4.78 is 6.10. The second kappa shape index (κ2) is 9.14. The SMILES string of the molecule is CN(CC1CC(Oc2ccc(CN3CCCC3)c(Cl)c2)C1)C(=O)c1ccncc1. The van der Waals surface area contributed by atoms with Crippen LogP contribution in [-0.4, -0.2) is 53.5 Å². The van der Waals surface area contributed by atoms with Crippen molar-refractivity contribution in [2.45, 2.75) is 38.3 Å². The summed E-state index contributed by atoms with van der Waals surface area (Å²) in [7, 11) is 1.86. The molecule has 2 aromatic rings. The van der Waals surface area contributed by atoms with Crippen LogP contribution in [0.4, 0.5) is 0 Å². The summed E-state index contributed by atoms with van der Waals surface area (Å²) in [5.74, 6) is 1.35. The molecule has 29 heavy (non-hydrogen) atoms. The number of ether oxygens (including phenoxy) is 1. The third-order valence-electron chi connectivity index (χ3n) is 5.92. The number of carbonyl (C=O) groups is 1. The van der Waals surface area contributed by atoms with Crippen LogP contribution >= 0.6 is 11.6 Å². The molecular weight excluding hydrogens is 386 g/mol. The second-order valence-electron chi connectivity index (χ2n) is 8.24. The van der Waals surface area contributed by atoms with Gasteiger partial charge in [0.15, 0.2) is 0 Å². The number of carbonyl (C=O) groups excluding carboxylic acids is 1. The van der Waals surface area contributed by atoms with Crippen molar-refractivity contribution in [1.82, 2.24) is 14.8 Å². The summed E-state index contributed by atoms with van der Waals surface area (Å²) in [5.41, 5.74) is 1.85. The highest BCUT2D eigenvalue weighted by molar-refractivity contribution is 6.31. The van der Waals surface area contributed by atoms with Gasteiger partial charge in [-0.3, -0.25) is 14.7 Å². The Balaban J connectivity index is 1.23. The fourth-order valence-electron chi connectivity index (χ4n) is 4.21. The summed E-state index contributed by atoms with van der Waals surface area (Å²) in [6.07, 6.45) is 7.98. The Bertz CT molecular complexity index is 833. The van der Waals surface area contributed by atoms with Gasteiger partial charge in [-0.2, -0.15) is 0 Å². The third-order valence-corrected chi connectivity index (χ3v) is 6.27. The lowest BCUT2D eigenvalue weighted by Gasteiger charge is -2.37. The molecule has 2 heterocycles. The molecule has 2 aliphatic rings. The number of nitrogens with zero attached hydrogens (tertiary/aromatic N) is 3. The first-order valence-electron chi connectivity index (χ1n) is 10.4. The van der Waals surface area contributed by atoms with Crippen LogP contribution in [0.2, 0.25) is 5.02 Å². The van der Waals surface area contributed by atoms with Gasteiger partial charge in [-0.05, 0) is 74.5 Å². The Labute approximate surface area is 177 Å². The lowest BCUT2D eigenvalue weighted by atomic mass is 9.82. The third kappa shape index (κ3) is 5.09. The molecule has 0 atom stereocenters. The van der Waals surface area contributed by atoms with E-state index >= 15 is 0 Å². The molecule has 0 radical (unpaired) electrons. The van der Waals surface area contributed by atoms with Gasteiger partial charge in [0.25, 0.3) is 5.91 Å². The molecule has 0 spiro atoms. The van der Waals surface area contributed by atoms with Crippen LogP contribution in [0.1, 0.15) is 41.6 Å². The minimum absolute atomic E-state index is 0.0390. The molecular formula is C23H28ClN3O2. The quantitative estimate of drug-likeness (QED) is 0.680. The Kier molecular flexibility index (Phi) is 6.36. The lowest BCUT2D eigenvalue weighted by Crippen LogP contribution is -2.41. The van der Waals surface area contributed by atoms with E-state index in [-0.39, 0.29) is 12.0 Å². The zero-order valence-corrected chi connectivity index (χ0v) is 17.6. The van der Waals surface area contributed by atoms with Gasteiger partial charge in [-0.1, -0.05) is 17.7 Å². The van der Waals surface area contributed by atoms with Crippen LogP contribution in [0.3, 0.4) is 0 Å². The molecule has 2 fully saturated rings. The maximum Gasteiger partial charge on any atom is 0.253 e. The van der Waals surface area contributed by atoms with Gasteiger partial charge < -0.3 is 9.64 Å². The Hall–Kier alpha value is -2.11. The van der Waals surface area contributed by atoms with Crippen LogP contribution in [-0.2, 0) is 6.54 Å². The topological polar surface area (TPSA) is 45.7 Å². The molecule has 0 unspecified atom stereocenters. The van der Waals surface area contributed by atoms with Gasteiger partial charge in [0.2, 0.25) is 0 Å². The average molecular weight is 414 g/mol. The van der Waals surface area contributed by atoms with Crippen LogP contribution in [0.5, 0.6) is 5.75 Å². The summed E-state index contributed by atoms with van der Waals surface area (Å²) in [5, 5.41) is 0.785.